The van der Waals surface area contributed by atoms with Crippen LogP contribution in [0.5, 0.6) is 0 Å². The Hall–Kier alpha value is -1.52. The highest BCUT2D eigenvalue weighted by atomic mass is 35.5. The van der Waals surface area contributed by atoms with E-state index in [2.05, 4.69) is 5.32 Å². The first-order valence-electron chi connectivity index (χ1n) is 6.73. The Bertz CT molecular complexity index is 603. The highest BCUT2D eigenvalue weighted by molar-refractivity contribution is 6.06. The number of hydrogen-bond donors (Lipinski definition) is 2. The van der Waals surface area contributed by atoms with Gasteiger partial charge in [0.05, 0.1) is 11.1 Å². The van der Waals surface area contributed by atoms with Gasteiger partial charge in [-0.1, -0.05) is 31.0 Å². The van der Waals surface area contributed by atoms with Crippen molar-refractivity contribution in [2.45, 2.75) is 31.2 Å². The lowest BCUT2D eigenvalue weighted by Crippen LogP contribution is -2.51. The molecule has 1 heterocycles. The normalized spacial score (nSPS) is 16.9. The molecule has 1 amide bonds. The molecule has 108 valence electrons. The third-order valence-electron chi connectivity index (χ3n) is 4.06. The zero-order chi connectivity index (χ0) is 13.3. The molecule has 0 unspecified atom stereocenters. The van der Waals surface area contributed by atoms with Gasteiger partial charge in [0.15, 0.2) is 0 Å². The van der Waals surface area contributed by atoms with Crippen LogP contribution >= 0.6 is 12.4 Å². The fraction of sp³-hybridized carbons (Fsp3) is 0.400. The van der Waals surface area contributed by atoms with E-state index < -0.39 is 0 Å². The maximum absolute atomic E-state index is 12.4. The number of benzene rings is 1. The van der Waals surface area contributed by atoms with Crippen LogP contribution in [0.1, 0.15) is 36.0 Å². The predicted molar refractivity (Wildman–Crippen MR) is 81.2 cm³/mol. The standard InChI is InChI=1S/C15H18N2O2.ClH/c16-10-15(7-3-4-8-15)17-14(18)12-9-19-13-6-2-1-5-11(12)13;/h1-2,5-6,9H,3-4,7-8,10,16H2,(H,17,18);1H. The van der Waals surface area contributed by atoms with Gasteiger partial charge in [-0.25, -0.2) is 0 Å². The quantitative estimate of drug-likeness (QED) is 0.914. The highest BCUT2D eigenvalue weighted by Crippen LogP contribution is 2.29. The average molecular weight is 295 g/mol. The van der Waals surface area contributed by atoms with Crippen molar-refractivity contribution in [3.05, 3.63) is 36.1 Å². The molecule has 1 saturated carbocycles. The summed E-state index contributed by atoms with van der Waals surface area (Å²) in [7, 11) is 0. The minimum absolute atomic E-state index is 0. The molecule has 0 bridgehead atoms. The van der Waals surface area contributed by atoms with E-state index in [1.807, 2.05) is 24.3 Å². The SMILES string of the molecule is Cl.NCC1(NC(=O)c2coc3ccccc23)CCCC1. The van der Waals surface area contributed by atoms with E-state index in [-0.39, 0.29) is 23.9 Å². The van der Waals surface area contributed by atoms with Gasteiger partial charge in [0.1, 0.15) is 11.8 Å². The number of fused-ring (bicyclic) bond motifs is 1. The molecule has 0 atom stereocenters. The number of furan rings is 1. The first kappa shape index (κ1) is 14.9. The Morgan fingerprint density at radius 2 is 2.00 bits per heavy atom. The molecule has 0 radical (unpaired) electrons. The summed E-state index contributed by atoms with van der Waals surface area (Å²) in [6.45, 7) is 0.495. The largest absolute Gasteiger partial charge is 0.463 e. The minimum Gasteiger partial charge on any atom is -0.463 e. The summed E-state index contributed by atoms with van der Waals surface area (Å²) in [4.78, 5) is 12.4. The second-order valence-corrected chi connectivity index (χ2v) is 5.29. The summed E-state index contributed by atoms with van der Waals surface area (Å²) < 4.78 is 5.41. The van der Waals surface area contributed by atoms with E-state index in [0.717, 1.165) is 36.7 Å². The van der Waals surface area contributed by atoms with Crippen molar-refractivity contribution in [3.8, 4) is 0 Å². The number of hydrogen-bond acceptors (Lipinski definition) is 3. The maximum Gasteiger partial charge on any atom is 0.255 e. The number of nitrogens with two attached hydrogens (primary N) is 1. The number of amides is 1. The molecule has 20 heavy (non-hydrogen) atoms. The van der Waals surface area contributed by atoms with Gasteiger partial charge in [0, 0.05) is 11.9 Å². The summed E-state index contributed by atoms with van der Waals surface area (Å²) in [5.41, 5.74) is 6.95. The van der Waals surface area contributed by atoms with Gasteiger partial charge in [0.25, 0.3) is 5.91 Å². The van der Waals surface area contributed by atoms with E-state index in [1.54, 1.807) is 0 Å². The van der Waals surface area contributed by atoms with Crippen LogP contribution < -0.4 is 11.1 Å². The van der Waals surface area contributed by atoms with E-state index >= 15 is 0 Å². The molecule has 1 aliphatic rings. The van der Waals surface area contributed by atoms with Crippen LogP contribution in [0.2, 0.25) is 0 Å². The van der Waals surface area contributed by atoms with Crippen LogP contribution in [-0.2, 0) is 0 Å². The Balaban J connectivity index is 0.00000147. The molecule has 0 saturated heterocycles. The molecule has 3 rings (SSSR count). The number of para-hydroxylation sites is 1. The number of carbonyl (C=O) groups is 1. The molecule has 0 spiro atoms. The number of halogens is 1. The van der Waals surface area contributed by atoms with Crippen LogP contribution in [0, 0.1) is 0 Å². The van der Waals surface area contributed by atoms with Gasteiger partial charge in [0.2, 0.25) is 0 Å². The number of nitrogens with one attached hydrogen (secondary N) is 1. The molecule has 1 aliphatic carbocycles. The molecular weight excluding hydrogens is 276 g/mol. The zero-order valence-corrected chi connectivity index (χ0v) is 12.0. The van der Waals surface area contributed by atoms with E-state index in [1.165, 1.54) is 6.26 Å². The molecule has 2 aromatic rings. The monoisotopic (exact) mass is 294 g/mol. The Labute approximate surface area is 124 Å². The minimum atomic E-state index is -0.227. The van der Waals surface area contributed by atoms with Gasteiger partial charge in [-0.3, -0.25) is 4.79 Å². The molecule has 1 aromatic carbocycles. The van der Waals surface area contributed by atoms with Crippen LogP contribution in [-0.4, -0.2) is 18.0 Å². The highest BCUT2D eigenvalue weighted by Gasteiger charge is 2.34. The lowest BCUT2D eigenvalue weighted by Gasteiger charge is -2.28. The van der Waals surface area contributed by atoms with Crippen molar-refractivity contribution in [2.24, 2.45) is 5.73 Å². The fourth-order valence-corrected chi connectivity index (χ4v) is 2.89. The topological polar surface area (TPSA) is 68.3 Å². The first-order valence-corrected chi connectivity index (χ1v) is 6.73. The summed E-state index contributed by atoms with van der Waals surface area (Å²) in [5.74, 6) is -0.0858. The summed E-state index contributed by atoms with van der Waals surface area (Å²) in [5, 5.41) is 3.96. The van der Waals surface area contributed by atoms with E-state index in [4.69, 9.17) is 10.2 Å². The van der Waals surface area contributed by atoms with Gasteiger partial charge in [-0.2, -0.15) is 0 Å². The van der Waals surface area contributed by atoms with Gasteiger partial charge < -0.3 is 15.5 Å². The Morgan fingerprint density at radius 3 is 2.70 bits per heavy atom. The van der Waals surface area contributed by atoms with Gasteiger partial charge >= 0.3 is 0 Å². The summed E-state index contributed by atoms with van der Waals surface area (Å²) in [6.07, 6.45) is 5.71. The van der Waals surface area contributed by atoms with E-state index in [0.29, 0.717) is 12.1 Å². The second kappa shape index (κ2) is 5.85. The Morgan fingerprint density at radius 1 is 1.30 bits per heavy atom. The third kappa shape index (κ3) is 2.53. The van der Waals surface area contributed by atoms with Crippen molar-refractivity contribution in [2.75, 3.05) is 6.54 Å². The summed E-state index contributed by atoms with van der Waals surface area (Å²) in [6, 6.07) is 7.56. The van der Waals surface area contributed by atoms with Crippen molar-refractivity contribution in [1.82, 2.24) is 5.32 Å². The van der Waals surface area contributed by atoms with Gasteiger partial charge in [-0.15, -0.1) is 12.4 Å². The Kier molecular flexibility index (Phi) is 4.35. The molecule has 1 fully saturated rings. The maximum atomic E-state index is 12.4. The zero-order valence-electron chi connectivity index (χ0n) is 11.2. The molecule has 3 N–H and O–H groups in total. The molecule has 5 heteroatoms. The van der Waals surface area contributed by atoms with Crippen LogP contribution in [0.15, 0.2) is 34.9 Å². The molecular formula is C15H19ClN2O2. The average Bonchev–Trinajstić information content (AvgIpc) is 3.05. The first-order chi connectivity index (χ1) is 9.24. The van der Waals surface area contributed by atoms with Gasteiger partial charge in [-0.05, 0) is 18.9 Å². The lowest BCUT2D eigenvalue weighted by atomic mass is 9.97. The fourth-order valence-electron chi connectivity index (χ4n) is 2.89. The third-order valence-corrected chi connectivity index (χ3v) is 4.06. The van der Waals surface area contributed by atoms with Crippen molar-refractivity contribution >= 4 is 29.3 Å². The van der Waals surface area contributed by atoms with Crippen molar-refractivity contribution in [1.29, 1.82) is 0 Å². The molecule has 1 aromatic heterocycles. The summed E-state index contributed by atoms with van der Waals surface area (Å²) >= 11 is 0. The molecule has 4 nitrogen and oxygen atoms in total. The van der Waals surface area contributed by atoms with Crippen molar-refractivity contribution in [3.63, 3.8) is 0 Å². The van der Waals surface area contributed by atoms with Crippen molar-refractivity contribution < 1.29 is 9.21 Å². The van der Waals surface area contributed by atoms with Crippen LogP contribution in [0.3, 0.4) is 0 Å². The predicted octanol–water partition coefficient (Wildman–Crippen LogP) is 2.86. The van der Waals surface area contributed by atoms with E-state index in [9.17, 15) is 4.79 Å². The lowest BCUT2D eigenvalue weighted by molar-refractivity contribution is 0.0904. The molecule has 0 aliphatic heterocycles. The van der Waals surface area contributed by atoms with Crippen LogP contribution in [0.25, 0.3) is 11.0 Å². The smallest absolute Gasteiger partial charge is 0.255 e. The number of rotatable bonds is 3. The number of carbonyl (C=O) groups excluding carboxylic acids is 1. The second-order valence-electron chi connectivity index (χ2n) is 5.29. The van der Waals surface area contributed by atoms with Crippen LogP contribution in [0.4, 0.5) is 0 Å².